The molecular weight excluding hydrogens is 486 g/mol. The van der Waals surface area contributed by atoms with E-state index in [4.69, 9.17) is 16.3 Å². The number of ether oxygens (including phenoxy) is 1. The van der Waals surface area contributed by atoms with E-state index < -0.39 is 15.9 Å². The molecule has 1 amide bonds. The molecule has 4 aromatic carbocycles. The van der Waals surface area contributed by atoms with Crippen molar-refractivity contribution in [3.63, 3.8) is 0 Å². The standard InChI is InChI=1S/C26H20ClN3O4S/c27-20-13-15-23(16-14-20)35(32,33)30-25-12-5-4-11-24(25)26(31)29-28-18-19-7-6-10-22(17-19)34-21-8-2-1-3-9-21/h1-18,30H,(H,29,31). The number of nitrogens with zero attached hydrogens (tertiary/aromatic N) is 1. The SMILES string of the molecule is O=C(NN=Cc1cccc(Oc2ccccc2)c1)c1ccccc1NS(=O)(=O)c1ccc(Cl)cc1. The van der Waals surface area contributed by atoms with Crippen molar-refractivity contribution in [2.75, 3.05) is 4.72 Å². The van der Waals surface area contributed by atoms with Crippen LogP contribution in [0.3, 0.4) is 0 Å². The summed E-state index contributed by atoms with van der Waals surface area (Å²) >= 11 is 5.84. The predicted octanol–water partition coefficient (Wildman–Crippen LogP) is 5.70. The van der Waals surface area contributed by atoms with E-state index in [0.29, 0.717) is 22.1 Å². The number of nitrogens with one attached hydrogen (secondary N) is 2. The number of halogens is 1. The number of amides is 1. The van der Waals surface area contributed by atoms with Crippen LogP contribution in [0.4, 0.5) is 5.69 Å². The molecule has 7 nitrogen and oxygen atoms in total. The maximum atomic E-state index is 12.7. The van der Waals surface area contributed by atoms with E-state index in [0.717, 1.165) is 0 Å². The molecule has 0 aliphatic heterocycles. The van der Waals surface area contributed by atoms with Gasteiger partial charge in [-0.25, -0.2) is 13.8 Å². The fraction of sp³-hybridized carbons (Fsp3) is 0. The van der Waals surface area contributed by atoms with Crippen molar-refractivity contribution >= 4 is 39.4 Å². The average molecular weight is 506 g/mol. The molecule has 4 rings (SSSR count). The molecule has 0 spiro atoms. The third-order valence-corrected chi connectivity index (χ3v) is 6.39. The maximum absolute atomic E-state index is 12.7. The monoisotopic (exact) mass is 505 g/mol. The van der Waals surface area contributed by atoms with Crippen LogP contribution in [0.2, 0.25) is 5.02 Å². The number of hydrazone groups is 1. The fourth-order valence-electron chi connectivity index (χ4n) is 3.10. The highest BCUT2D eigenvalue weighted by Gasteiger charge is 2.18. The van der Waals surface area contributed by atoms with Gasteiger partial charge in [-0.05, 0) is 66.2 Å². The van der Waals surface area contributed by atoms with Gasteiger partial charge in [0.2, 0.25) is 0 Å². The van der Waals surface area contributed by atoms with Crippen molar-refractivity contribution in [1.29, 1.82) is 0 Å². The molecule has 0 saturated carbocycles. The van der Waals surface area contributed by atoms with Crippen molar-refractivity contribution in [1.82, 2.24) is 5.43 Å². The lowest BCUT2D eigenvalue weighted by atomic mass is 10.2. The Balaban J connectivity index is 1.45. The third kappa shape index (κ3) is 6.47. The first-order chi connectivity index (χ1) is 16.9. The number of carbonyl (C=O) groups is 1. The van der Waals surface area contributed by atoms with Crippen LogP contribution in [-0.4, -0.2) is 20.5 Å². The molecule has 0 saturated heterocycles. The number of hydrogen-bond donors (Lipinski definition) is 2. The Labute approximate surface area is 208 Å². The van der Waals surface area contributed by atoms with E-state index in [1.165, 1.54) is 42.6 Å². The van der Waals surface area contributed by atoms with Crippen LogP contribution < -0.4 is 14.9 Å². The van der Waals surface area contributed by atoms with Crippen molar-refractivity contribution < 1.29 is 17.9 Å². The van der Waals surface area contributed by atoms with Gasteiger partial charge in [-0.2, -0.15) is 5.10 Å². The van der Waals surface area contributed by atoms with Gasteiger partial charge in [-0.1, -0.05) is 54.1 Å². The summed E-state index contributed by atoms with van der Waals surface area (Å²) in [7, 11) is -3.92. The van der Waals surface area contributed by atoms with Gasteiger partial charge in [-0.15, -0.1) is 0 Å². The Morgan fingerprint density at radius 3 is 2.29 bits per heavy atom. The summed E-state index contributed by atoms with van der Waals surface area (Å²) in [6.45, 7) is 0. The molecule has 0 atom stereocenters. The quantitative estimate of drug-likeness (QED) is 0.237. The van der Waals surface area contributed by atoms with Crippen molar-refractivity contribution in [3.05, 3.63) is 119 Å². The summed E-state index contributed by atoms with van der Waals surface area (Å²) in [5, 5.41) is 4.42. The zero-order chi connectivity index (χ0) is 24.7. The summed E-state index contributed by atoms with van der Waals surface area (Å²) in [5.74, 6) is 0.744. The molecule has 2 N–H and O–H groups in total. The summed E-state index contributed by atoms with van der Waals surface area (Å²) in [6, 6.07) is 28.5. The van der Waals surface area contributed by atoms with Crippen LogP contribution in [0.1, 0.15) is 15.9 Å². The van der Waals surface area contributed by atoms with Crippen LogP contribution in [-0.2, 0) is 10.0 Å². The Kier molecular flexibility index (Phi) is 7.45. The molecule has 4 aromatic rings. The molecule has 0 unspecified atom stereocenters. The van der Waals surface area contributed by atoms with Crippen LogP contribution >= 0.6 is 11.6 Å². The minimum atomic E-state index is -3.92. The number of carbonyl (C=O) groups excluding carboxylic acids is 1. The van der Waals surface area contributed by atoms with Crippen molar-refractivity contribution in [3.8, 4) is 11.5 Å². The van der Waals surface area contributed by atoms with Crippen LogP contribution in [0.15, 0.2) is 113 Å². The molecule has 0 fully saturated rings. The Bertz CT molecular complexity index is 1460. The van der Waals surface area contributed by atoms with Gasteiger partial charge in [0.15, 0.2) is 0 Å². The van der Waals surface area contributed by atoms with Gasteiger partial charge in [0.25, 0.3) is 15.9 Å². The maximum Gasteiger partial charge on any atom is 0.273 e. The van der Waals surface area contributed by atoms with Gasteiger partial charge < -0.3 is 4.74 Å². The highest BCUT2D eigenvalue weighted by molar-refractivity contribution is 7.92. The average Bonchev–Trinajstić information content (AvgIpc) is 2.85. The molecular formula is C26H20ClN3O4S. The van der Waals surface area contributed by atoms with Gasteiger partial charge in [0.1, 0.15) is 11.5 Å². The van der Waals surface area contributed by atoms with E-state index in [9.17, 15) is 13.2 Å². The first kappa shape index (κ1) is 24.0. The summed E-state index contributed by atoms with van der Waals surface area (Å²) in [6.07, 6.45) is 1.47. The molecule has 35 heavy (non-hydrogen) atoms. The molecule has 0 radical (unpaired) electrons. The lowest BCUT2D eigenvalue weighted by Crippen LogP contribution is -2.21. The number of hydrogen-bond acceptors (Lipinski definition) is 5. The Hall–Kier alpha value is -4.14. The topological polar surface area (TPSA) is 96.9 Å². The number of sulfonamides is 1. The Morgan fingerprint density at radius 1 is 0.829 bits per heavy atom. The lowest BCUT2D eigenvalue weighted by molar-refractivity contribution is 0.0956. The van der Waals surface area contributed by atoms with Gasteiger partial charge in [0.05, 0.1) is 22.4 Å². The third-order valence-electron chi connectivity index (χ3n) is 4.76. The van der Waals surface area contributed by atoms with Gasteiger partial charge >= 0.3 is 0 Å². The zero-order valence-corrected chi connectivity index (χ0v) is 19.8. The Morgan fingerprint density at radius 2 is 1.51 bits per heavy atom. The van der Waals surface area contributed by atoms with Crippen LogP contribution in [0, 0.1) is 0 Å². The molecule has 0 heterocycles. The molecule has 0 aliphatic carbocycles. The van der Waals surface area contributed by atoms with E-state index in [1.54, 1.807) is 18.2 Å². The van der Waals surface area contributed by atoms with Crippen molar-refractivity contribution in [2.24, 2.45) is 5.10 Å². The minimum Gasteiger partial charge on any atom is -0.457 e. The highest BCUT2D eigenvalue weighted by Crippen LogP contribution is 2.22. The first-order valence-corrected chi connectivity index (χ1v) is 12.3. The van der Waals surface area contributed by atoms with Crippen LogP contribution in [0.5, 0.6) is 11.5 Å². The number of para-hydroxylation sites is 2. The smallest absolute Gasteiger partial charge is 0.273 e. The summed E-state index contributed by atoms with van der Waals surface area (Å²) < 4.78 is 33.7. The zero-order valence-electron chi connectivity index (χ0n) is 18.3. The summed E-state index contributed by atoms with van der Waals surface area (Å²) in [4.78, 5) is 12.8. The number of benzene rings is 4. The van der Waals surface area contributed by atoms with Gasteiger partial charge in [0, 0.05) is 5.02 Å². The van der Waals surface area contributed by atoms with E-state index in [2.05, 4.69) is 15.2 Å². The van der Waals surface area contributed by atoms with Crippen molar-refractivity contribution in [2.45, 2.75) is 4.90 Å². The van der Waals surface area contributed by atoms with Crippen LogP contribution in [0.25, 0.3) is 0 Å². The minimum absolute atomic E-state index is 0.0211. The van der Waals surface area contributed by atoms with Gasteiger partial charge in [-0.3, -0.25) is 9.52 Å². The molecule has 0 aromatic heterocycles. The largest absolute Gasteiger partial charge is 0.457 e. The van der Waals surface area contributed by atoms with E-state index >= 15 is 0 Å². The first-order valence-electron chi connectivity index (χ1n) is 10.4. The second-order valence-electron chi connectivity index (χ2n) is 7.29. The number of rotatable bonds is 8. The molecule has 9 heteroatoms. The predicted molar refractivity (Wildman–Crippen MR) is 137 cm³/mol. The summed E-state index contributed by atoms with van der Waals surface area (Å²) in [5.41, 5.74) is 3.36. The molecule has 0 bridgehead atoms. The number of anilines is 1. The molecule has 176 valence electrons. The molecule has 0 aliphatic rings. The van der Waals surface area contributed by atoms with E-state index in [1.807, 2.05) is 48.5 Å². The lowest BCUT2D eigenvalue weighted by Gasteiger charge is -2.12. The second kappa shape index (κ2) is 10.9. The fourth-order valence-corrected chi connectivity index (χ4v) is 4.30. The normalized spacial score (nSPS) is 11.2. The highest BCUT2D eigenvalue weighted by atomic mass is 35.5. The second-order valence-corrected chi connectivity index (χ2v) is 9.41. The van der Waals surface area contributed by atoms with E-state index in [-0.39, 0.29) is 16.1 Å².